The zero-order chi connectivity index (χ0) is 15.9. The van der Waals surface area contributed by atoms with Crippen LogP contribution in [-0.2, 0) is 4.79 Å². The van der Waals surface area contributed by atoms with Crippen LogP contribution >= 0.6 is 0 Å². The Kier molecular flexibility index (Phi) is 5.69. The fourth-order valence-corrected chi connectivity index (χ4v) is 2.39. The van der Waals surface area contributed by atoms with E-state index in [1.165, 1.54) is 5.56 Å². The smallest absolute Gasteiger partial charge is 0.241 e. The number of nitrogens with one attached hydrogen (secondary N) is 1. The van der Waals surface area contributed by atoms with Crippen molar-refractivity contribution in [3.8, 4) is 0 Å². The van der Waals surface area contributed by atoms with Crippen LogP contribution in [0.4, 0.5) is 0 Å². The molecule has 0 aromatic heterocycles. The summed E-state index contributed by atoms with van der Waals surface area (Å²) in [7, 11) is 4.00. The normalized spacial score (nSPS) is 13.6. The monoisotopic (exact) mass is 297 g/mol. The molecule has 0 heterocycles. The van der Waals surface area contributed by atoms with E-state index in [1.807, 2.05) is 62.6 Å². The zero-order valence-corrected chi connectivity index (χ0v) is 13.1. The van der Waals surface area contributed by atoms with Gasteiger partial charge in [0, 0.05) is 6.54 Å². The van der Waals surface area contributed by atoms with E-state index in [9.17, 15) is 4.79 Å². The van der Waals surface area contributed by atoms with Crippen LogP contribution < -0.4 is 11.1 Å². The first-order valence-corrected chi connectivity index (χ1v) is 7.39. The SMILES string of the molecule is CN(C)C(CNC(=O)C(N)c1ccccc1)c1ccccc1. The Morgan fingerprint density at radius 2 is 1.50 bits per heavy atom. The van der Waals surface area contributed by atoms with Crippen LogP contribution in [0, 0.1) is 0 Å². The molecule has 2 aromatic rings. The predicted molar refractivity (Wildman–Crippen MR) is 89.3 cm³/mol. The first-order chi connectivity index (χ1) is 10.6. The summed E-state index contributed by atoms with van der Waals surface area (Å²) in [4.78, 5) is 14.3. The molecule has 4 nitrogen and oxygen atoms in total. The lowest BCUT2D eigenvalue weighted by Gasteiger charge is -2.25. The number of nitrogens with two attached hydrogens (primary N) is 1. The van der Waals surface area contributed by atoms with Gasteiger partial charge in [-0.2, -0.15) is 0 Å². The highest BCUT2D eigenvalue weighted by atomic mass is 16.2. The van der Waals surface area contributed by atoms with Gasteiger partial charge in [0.15, 0.2) is 0 Å². The lowest BCUT2D eigenvalue weighted by Crippen LogP contribution is -2.39. The van der Waals surface area contributed by atoms with Gasteiger partial charge in [0.05, 0.1) is 6.04 Å². The van der Waals surface area contributed by atoms with Gasteiger partial charge in [-0.25, -0.2) is 0 Å². The van der Waals surface area contributed by atoms with E-state index < -0.39 is 6.04 Å². The number of hydrogen-bond donors (Lipinski definition) is 2. The summed E-state index contributed by atoms with van der Waals surface area (Å²) in [6.07, 6.45) is 0. The number of benzene rings is 2. The Balaban J connectivity index is 1.99. The van der Waals surface area contributed by atoms with E-state index >= 15 is 0 Å². The van der Waals surface area contributed by atoms with Crippen molar-refractivity contribution in [3.63, 3.8) is 0 Å². The van der Waals surface area contributed by atoms with Crippen LogP contribution in [0.5, 0.6) is 0 Å². The van der Waals surface area contributed by atoms with E-state index in [-0.39, 0.29) is 11.9 Å². The van der Waals surface area contributed by atoms with Crippen LogP contribution in [0.2, 0.25) is 0 Å². The van der Waals surface area contributed by atoms with E-state index in [0.29, 0.717) is 6.54 Å². The molecule has 2 atom stereocenters. The third-order valence-corrected chi connectivity index (χ3v) is 3.72. The first kappa shape index (κ1) is 16.2. The third-order valence-electron chi connectivity index (χ3n) is 3.72. The second-order valence-corrected chi connectivity index (χ2v) is 5.52. The van der Waals surface area contributed by atoms with Gasteiger partial charge < -0.3 is 16.0 Å². The van der Waals surface area contributed by atoms with Gasteiger partial charge in [0.25, 0.3) is 0 Å². The number of hydrogen-bond acceptors (Lipinski definition) is 3. The van der Waals surface area contributed by atoms with Gasteiger partial charge in [-0.05, 0) is 25.2 Å². The Labute approximate surface area is 131 Å². The lowest BCUT2D eigenvalue weighted by molar-refractivity contribution is -0.122. The molecule has 116 valence electrons. The van der Waals surface area contributed by atoms with Crippen molar-refractivity contribution in [1.82, 2.24) is 10.2 Å². The van der Waals surface area contributed by atoms with Crippen molar-refractivity contribution >= 4 is 5.91 Å². The van der Waals surface area contributed by atoms with Crippen molar-refractivity contribution in [2.45, 2.75) is 12.1 Å². The summed E-state index contributed by atoms with van der Waals surface area (Å²) in [6.45, 7) is 0.524. The number of rotatable bonds is 6. The molecular weight excluding hydrogens is 274 g/mol. The molecule has 2 unspecified atom stereocenters. The van der Waals surface area contributed by atoms with E-state index in [4.69, 9.17) is 5.73 Å². The van der Waals surface area contributed by atoms with E-state index in [1.54, 1.807) is 0 Å². The van der Waals surface area contributed by atoms with Crippen molar-refractivity contribution in [3.05, 3.63) is 71.8 Å². The maximum Gasteiger partial charge on any atom is 0.241 e. The van der Waals surface area contributed by atoms with Crippen molar-refractivity contribution < 1.29 is 4.79 Å². The third kappa shape index (κ3) is 4.16. The quantitative estimate of drug-likeness (QED) is 0.858. The molecule has 0 saturated heterocycles. The number of carbonyl (C=O) groups excluding carboxylic acids is 1. The maximum atomic E-state index is 12.2. The lowest BCUT2D eigenvalue weighted by atomic mass is 10.0. The van der Waals surface area contributed by atoms with Gasteiger partial charge in [-0.3, -0.25) is 4.79 Å². The largest absolute Gasteiger partial charge is 0.353 e. The first-order valence-electron chi connectivity index (χ1n) is 7.39. The summed E-state index contributed by atoms with van der Waals surface area (Å²) in [5.41, 5.74) is 8.00. The summed E-state index contributed by atoms with van der Waals surface area (Å²) >= 11 is 0. The van der Waals surface area contributed by atoms with Crippen molar-refractivity contribution in [2.24, 2.45) is 5.73 Å². The second kappa shape index (κ2) is 7.73. The molecule has 22 heavy (non-hydrogen) atoms. The average Bonchev–Trinajstić information content (AvgIpc) is 2.55. The molecule has 0 spiro atoms. The summed E-state index contributed by atoms with van der Waals surface area (Å²) in [5.74, 6) is -0.158. The molecule has 4 heteroatoms. The van der Waals surface area contributed by atoms with Gasteiger partial charge in [0.1, 0.15) is 6.04 Å². The summed E-state index contributed by atoms with van der Waals surface area (Å²) in [6, 6.07) is 19.0. The molecule has 3 N–H and O–H groups in total. The molecule has 0 fully saturated rings. The molecule has 0 aliphatic rings. The highest BCUT2D eigenvalue weighted by molar-refractivity contribution is 5.82. The number of nitrogens with zero attached hydrogens (tertiary/aromatic N) is 1. The molecule has 0 aliphatic carbocycles. The van der Waals surface area contributed by atoms with Crippen LogP contribution in [-0.4, -0.2) is 31.4 Å². The fourth-order valence-electron chi connectivity index (χ4n) is 2.39. The molecule has 2 aromatic carbocycles. The highest BCUT2D eigenvalue weighted by Gasteiger charge is 2.19. The van der Waals surface area contributed by atoms with Crippen LogP contribution in [0.3, 0.4) is 0 Å². The molecule has 0 aliphatic heterocycles. The Morgan fingerprint density at radius 1 is 1.00 bits per heavy atom. The minimum atomic E-state index is -0.639. The Bertz CT molecular complexity index is 584. The van der Waals surface area contributed by atoms with Gasteiger partial charge in [0.2, 0.25) is 5.91 Å². The predicted octanol–water partition coefficient (Wildman–Crippen LogP) is 2.11. The number of amides is 1. The molecule has 2 rings (SSSR count). The minimum absolute atomic E-state index is 0.119. The van der Waals surface area contributed by atoms with Crippen LogP contribution in [0.25, 0.3) is 0 Å². The molecular formula is C18H23N3O. The van der Waals surface area contributed by atoms with E-state index in [0.717, 1.165) is 5.56 Å². The van der Waals surface area contributed by atoms with Crippen molar-refractivity contribution in [2.75, 3.05) is 20.6 Å². The molecule has 0 radical (unpaired) electrons. The number of likely N-dealkylation sites (N-methyl/N-ethyl adjacent to an activating group) is 1. The topological polar surface area (TPSA) is 58.4 Å². The fraction of sp³-hybridized carbons (Fsp3) is 0.278. The average molecular weight is 297 g/mol. The summed E-state index contributed by atoms with van der Waals surface area (Å²) < 4.78 is 0. The number of carbonyl (C=O) groups is 1. The second-order valence-electron chi connectivity index (χ2n) is 5.52. The highest BCUT2D eigenvalue weighted by Crippen LogP contribution is 2.17. The molecule has 0 bridgehead atoms. The van der Waals surface area contributed by atoms with Gasteiger partial charge in [-0.15, -0.1) is 0 Å². The van der Waals surface area contributed by atoms with Crippen LogP contribution in [0.15, 0.2) is 60.7 Å². The Hall–Kier alpha value is -2.17. The van der Waals surface area contributed by atoms with Crippen LogP contribution in [0.1, 0.15) is 23.2 Å². The minimum Gasteiger partial charge on any atom is -0.353 e. The Morgan fingerprint density at radius 3 is 2.00 bits per heavy atom. The molecule has 0 saturated carbocycles. The molecule has 1 amide bonds. The zero-order valence-electron chi connectivity index (χ0n) is 13.1. The van der Waals surface area contributed by atoms with Gasteiger partial charge in [-0.1, -0.05) is 60.7 Å². The standard InChI is InChI=1S/C18H23N3O/c1-21(2)16(14-9-5-3-6-10-14)13-20-18(22)17(19)15-11-7-4-8-12-15/h3-12,16-17H,13,19H2,1-2H3,(H,20,22). The van der Waals surface area contributed by atoms with Crippen molar-refractivity contribution in [1.29, 1.82) is 0 Å². The maximum absolute atomic E-state index is 12.2. The van der Waals surface area contributed by atoms with E-state index in [2.05, 4.69) is 22.3 Å². The summed E-state index contributed by atoms with van der Waals surface area (Å²) in [5, 5.41) is 2.96. The van der Waals surface area contributed by atoms with Gasteiger partial charge >= 0.3 is 0 Å².